The average molecular weight is 196 g/mol. The molecule has 0 saturated carbocycles. The van der Waals surface area contributed by atoms with Gasteiger partial charge in [0, 0.05) is 11.5 Å². The van der Waals surface area contributed by atoms with Crippen molar-refractivity contribution >= 4 is 29.0 Å². The van der Waals surface area contributed by atoms with E-state index >= 15 is 0 Å². The van der Waals surface area contributed by atoms with Gasteiger partial charge in [0.2, 0.25) is 0 Å². The van der Waals surface area contributed by atoms with Gasteiger partial charge in [-0.25, -0.2) is 4.98 Å². The van der Waals surface area contributed by atoms with Crippen LogP contribution in [-0.4, -0.2) is 4.98 Å². The number of allylic oxidation sites excluding steroid dienone is 1. The molecule has 1 aromatic rings. The molecule has 0 amide bonds. The van der Waals surface area contributed by atoms with Crippen molar-refractivity contribution in [2.24, 2.45) is 0 Å². The van der Waals surface area contributed by atoms with Crippen molar-refractivity contribution < 1.29 is 0 Å². The second kappa shape index (κ2) is 3.87. The Kier molecular flexibility index (Phi) is 2.82. The van der Waals surface area contributed by atoms with E-state index in [1.165, 1.54) is 17.4 Å². The first-order chi connectivity index (χ1) is 5.76. The van der Waals surface area contributed by atoms with Crippen molar-refractivity contribution in [3.8, 4) is 12.1 Å². The van der Waals surface area contributed by atoms with E-state index in [1.807, 2.05) is 0 Å². The van der Waals surface area contributed by atoms with Gasteiger partial charge < -0.3 is 0 Å². The fraction of sp³-hybridized carbons (Fsp3) is 0. The van der Waals surface area contributed by atoms with E-state index in [0.29, 0.717) is 10.2 Å². The summed E-state index contributed by atoms with van der Waals surface area (Å²) in [6, 6.07) is 3.47. The first-order valence-electron chi connectivity index (χ1n) is 2.89. The Morgan fingerprint density at radius 1 is 1.58 bits per heavy atom. The molecule has 1 rings (SSSR count). The van der Waals surface area contributed by atoms with Gasteiger partial charge in [0.25, 0.3) is 0 Å². The molecule has 0 saturated heterocycles. The summed E-state index contributed by atoms with van der Waals surface area (Å²) in [4.78, 5) is 3.85. The minimum atomic E-state index is 0.0287. The topological polar surface area (TPSA) is 60.5 Å². The molecule has 0 fully saturated rings. The van der Waals surface area contributed by atoms with E-state index < -0.39 is 0 Å². The van der Waals surface area contributed by atoms with Gasteiger partial charge in [0.1, 0.15) is 27.9 Å². The van der Waals surface area contributed by atoms with Crippen molar-refractivity contribution in [2.45, 2.75) is 0 Å². The second-order valence-electron chi connectivity index (χ2n) is 1.79. The molecule has 12 heavy (non-hydrogen) atoms. The molecular formula is C7H2ClN3S. The lowest BCUT2D eigenvalue weighted by Gasteiger charge is -1.79. The Morgan fingerprint density at radius 2 is 2.25 bits per heavy atom. The van der Waals surface area contributed by atoms with Gasteiger partial charge >= 0.3 is 0 Å². The minimum absolute atomic E-state index is 0.0287. The molecule has 1 aromatic heterocycles. The van der Waals surface area contributed by atoms with Crippen LogP contribution in [0.25, 0.3) is 6.08 Å². The van der Waals surface area contributed by atoms with Crippen LogP contribution in [0.1, 0.15) is 5.01 Å². The van der Waals surface area contributed by atoms with Crippen LogP contribution >= 0.6 is 22.9 Å². The van der Waals surface area contributed by atoms with Gasteiger partial charge in [0.05, 0.1) is 0 Å². The number of aromatic nitrogens is 1. The third-order valence-electron chi connectivity index (χ3n) is 1.00. The van der Waals surface area contributed by atoms with E-state index in [9.17, 15) is 0 Å². The highest BCUT2D eigenvalue weighted by Crippen LogP contribution is 2.16. The third kappa shape index (κ3) is 2.06. The number of thiazole rings is 1. The predicted molar refractivity (Wildman–Crippen MR) is 46.3 cm³/mol. The first-order valence-corrected chi connectivity index (χ1v) is 4.15. The summed E-state index contributed by atoms with van der Waals surface area (Å²) in [6.45, 7) is 0. The zero-order chi connectivity index (χ0) is 8.97. The summed E-state index contributed by atoms with van der Waals surface area (Å²) in [5.41, 5.74) is 0.0287. The molecule has 5 heteroatoms. The third-order valence-corrected chi connectivity index (χ3v) is 2.12. The van der Waals surface area contributed by atoms with Crippen LogP contribution in [-0.2, 0) is 0 Å². The van der Waals surface area contributed by atoms with Gasteiger partial charge in [-0.15, -0.1) is 11.3 Å². The molecule has 0 spiro atoms. The highest BCUT2D eigenvalue weighted by Gasteiger charge is 1.98. The number of hydrogen-bond acceptors (Lipinski definition) is 4. The maximum Gasteiger partial charge on any atom is 0.140 e. The van der Waals surface area contributed by atoms with E-state index in [-0.39, 0.29) is 5.57 Å². The molecule has 0 atom stereocenters. The number of halogens is 1. The fourth-order valence-corrected chi connectivity index (χ4v) is 1.43. The largest absolute Gasteiger partial charge is 0.225 e. The van der Waals surface area contributed by atoms with Crippen molar-refractivity contribution in [3.05, 3.63) is 21.1 Å². The molecular weight excluding hydrogens is 194 g/mol. The highest BCUT2D eigenvalue weighted by atomic mass is 35.5. The molecule has 0 N–H and O–H groups in total. The molecule has 58 valence electrons. The first kappa shape index (κ1) is 8.73. The highest BCUT2D eigenvalue weighted by molar-refractivity contribution is 7.11. The molecule has 0 unspecified atom stereocenters. The SMILES string of the molecule is N#CC(C#N)=Cc1nc(Cl)cs1. The molecule has 0 aliphatic heterocycles. The Morgan fingerprint density at radius 3 is 2.67 bits per heavy atom. The monoisotopic (exact) mass is 195 g/mol. The predicted octanol–water partition coefficient (Wildman–Crippen LogP) is 2.23. The van der Waals surface area contributed by atoms with Gasteiger partial charge in [0.15, 0.2) is 0 Å². The van der Waals surface area contributed by atoms with Crippen molar-refractivity contribution in [1.82, 2.24) is 4.98 Å². The maximum absolute atomic E-state index is 8.40. The Bertz CT molecular complexity index is 378. The smallest absolute Gasteiger partial charge is 0.140 e. The van der Waals surface area contributed by atoms with Gasteiger partial charge in [-0.3, -0.25) is 0 Å². The molecule has 0 aliphatic rings. The number of nitrogens with zero attached hydrogens (tertiary/aromatic N) is 3. The summed E-state index contributed by atoms with van der Waals surface area (Å²) in [5.74, 6) is 0. The fourth-order valence-electron chi connectivity index (χ4n) is 0.546. The molecule has 0 bridgehead atoms. The molecule has 0 aromatic carbocycles. The van der Waals surface area contributed by atoms with Crippen LogP contribution in [0.15, 0.2) is 11.0 Å². The lowest BCUT2D eigenvalue weighted by molar-refractivity contribution is 1.39. The summed E-state index contributed by atoms with van der Waals surface area (Å²) < 4.78 is 0. The van der Waals surface area contributed by atoms with Crippen LogP contribution in [0.5, 0.6) is 0 Å². The van der Waals surface area contributed by atoms with Crippen molar-refractivity contribution in [2.75, 3.05) is 0 Å². The molecule has 0 radical (unpaired) electrons. The van der Waals surface area contributed by atoms with Crippen LogP contribution in [0.2, 0.25) is 5.15 Å². The zero-order valence-corrected chi connectivity index (χ0v) is 7.35. The quantitative estimate of drug-likeness (QED) is 0.646. The second-order valence-corrected chi connectivity index (χ2v) is 3.07. The summed E-state index contributed by atoms with van der Waals surface area (Å²) in [6.07, 6.45) is 1.40. The summed E-state index contributed by atoms with van der Waals surface area (Å²) >= 11 is 6.82. The Balaban J connectivity index is 2.97. The standard InChI is InChI=1S/C7H2ClN3S/c8-6-4-12-7(11-6)1-5(2-9)3-10/h1,4H. The van der Waals surface area contributed by atoms with E-state index in [4.69, 9.17) is 22.1 Å². The van der Waals surface area contributed by atoms with Crippen LogP contribution in [0, 0.1) is 22.7 Å². The number of hydrogen-bond donors (Lipinski definition) is 0. The van der Waals surface area contributed by atoms with Gasteiger partial charge in [-0.2, -0.15) is 10.5 Å². The van der Waals surface area contributed by atoms with E-state index in [1.54, 1.807) is 17.5 Å². The number of nitriles is 2. The Hall–Kier alpha value is -1.36. The van der Waals surface area contributed by atoms with Gasteiger partial charge in [-0.1, -0.05) is 11.6 Å². The number of rotatable bonds is 1. The van der Waals surface area contributed by atoms with Crippen LogP contribution in [0.4, 0.5) is 0 Å². The molecule has 0 aliphatic carbocycles. The minimum Gasteiger partial charge on any atom is -0.225 e. The zero-order valence-electron chi connectivity index (χ0n) is 5.78. The Labute approximate surface area is 78.2 Å². The van der Waals surface area contributed by atoms with Crippen LogP contribution in [0.3, 0.4) is 0 Å². The molecule has 1 heterocycles. The normalized spacial score (nSPS) is 8.25. The van der Waals surface area contributed by atoms with E-state index in [2.05, 4.69) is 4.98 Å². The van der Waals surface area contributed by atoms with Crippen molar-refractivity contribution in [1.29, 1.82) is 10.5 Å². The lowest BCUT2D eigenvalue weighted by Crippen LogP contribution is -1.72. The summed E-state index contributed by atoms with van der Waals surface area (Å²) in [5, 5.41) is 19.4. The molecule has 3 nitrogen and oxygen atoms in total. The van der Waals surface area contributed by atoms with Crippen LogP contribution < -0.4 is 0 Å². The maximum atomic E-state index is 8.40. The van der Waals surface area contributed by atoms with Gasteiger partial charge in [-0.05, 0) is 0 Å². The van der Waals surface area contributed by atoms with E-state index in [0.717, 1.165) is 0 Å². The van der Waals surface area contributed by atoms with Crippen molar-refractivity contribution in [3.63, 3.8) is 0 Å². The summed E-state index contributed by atoms with van der Waals surface area (Å²) in [7, 11) is 0. The average Bonchev–Trinajstić information content (AvgIpc) is 2.47. The lowest BCUT2D eigenvalue weighted by atomic mass is 10.3.